The fourth-order valence-electron chi connectivity index (χ4n) is 1.64. The number of carbonyl (C=O) groups is 1. The van der Waals surface area contributed by atoms with E-state index in [1.54, 1.807) is 19.0 Å². The van der Waals surface area contributed by atoms with Gasteiger partial charge in [0.1, 0.15) is 0 Å². The first kappa shape index (κ1) is 14.5. The van der Waals surface area contributed by atoms with E-state index in [1.807, 2.05) is 6.07 Å². The highest BCUT2D eigenvalue weighted by Crippen LogP contribution is 2.25. The van der Waals surface area contributed by atoms with Gasteiger partial charge in [-0.15, -0.1) is 0 Å². The summed E-state index contributed by atoms with van der Waals surface area (Å²) in [6.07, 6.45) is 0.550. The van der Waals surface area contributed by atoms with Gasteiger partial charge in [0.15, 0.2) is 0 Å². The molecule has 0 unspecified atom stereocenters. The molecule has 6 heteroatoms. The first-order valence-corrected chi connectivity index (χ1v) is 6.42. The van der Waals surface area contributed by atoms with E-state index in [0.717, 1.165) is 10.0 Å². The SMILES string of the molecule is CB(O)C[C@H](Cc1ccc(Br)cc1Cl)C(=O)O. The first-order valence-electron chi connectivity index (χ1n) is 5.25. The minimum absolute atomic E-state index is 0.224. The highest BCUT2D eigenvalue weighted by Gasteiger charge is 2.22. The summed E-state index contributed by atoms with van der Waals surface area (Å²) in [7, 11) is 0. The summed E-state index contributed by atoms with van der Waals surface area (Å²) < 4.78 is 0.855. The molecular formula is C11H13BBrClO3. The van der Waals surface area contributed by atoms with E-state index in [9.17, 15) is 9.82 Å². The number of benzene rings is 1. The van der Waals surface area contributed by atoms with Gasteiger partial charge in [-0.25, -0.2) is 0 Å². The predicted molar refractivity (Wildman–Crippen MR) is 72.6 cm³/mol. The van der Waals surface area contributed by atoms with Crippen molar-refractivity contribution in [1.29, 1.82) is 0 Å². The summed E-state index contributed by atoms with van der Waals surface area (Å²) in [5.74, 6) is -1.53. The Hall–Kier alpha value is -0.515. The summed E-state index contributed by atoms with van der Waals surface area (Å²) in [6.45, 7) is 0.949. The van der Waals surface area contributed by atoms with E-state index in [0.29, 0.717) is 11.4 Å². The smallest absolute Gasteiger partial charge is 0.306 e. The zero-order valence-electron chi connectivity index (χ0n) is 9.36. The fourth-order valence-corrected chi connectivity index (χ4v) is 2.39. The van der Waals surface area contributed by atoms with Crippen LogP contribution in [0.3, 0.4) is 0 Å². The molecule has 2 N–H and O–H groups in total. The average Bonchev–Trinajstić information content (AvgIpc) is 2.19. The average molecular weight is 319 g/mol. The predicted octanol–water partition coefficient (Wildman–Crippen LogP) is 2.96. The lowest BCUT2D eigenvalue weighted by atomic mass is 9.63. The second-order valence-electron chi connectivity index (χ2n) is 4.06. The maximum absolute atomic E-state index is 11.1. The summed E-state index contributed by atoms with van der Waals surface area (Å²) in [4.78, 5) is 11.1. The number of aliphatic carboxylic acids is 1. The van der Waals surface area contributed by atoms with Crippen molar-refractivity contribution in [2.75, 3.05) is 0 Å². The summed E-state index contributed by atoms with van der Waals surface area (Å²) in [5, 5.41) is 18.9. The molecule has 1 atom stereocenters. The summed E-state index contributed by atoms with van der Waals surface area (Å²) in [5.41, 5.74) is 0.780. The van der Waals surface area contributed by atoms with Crippen LogP contribution in [-0.4, -0.2) is 23.0 Å². The van der Waals surface area contributed by atoms with Crippen LogP contribution in [0.25, 0.3) is 0 Å². The molecule has 92 valence electrons. The maximum atomic E-state index is 11.1. The van der Waals surface area contributed by atoms with Crippen molar-refractivity contribution in [3.8, 4) is 0 Å². The molecule has 0 aromatic heterocycles. The van der Waals surface area contributed by atoms with Crippen LogP contribution in [0.15, 0.2) is 22.7 Å². The number of rotatable bonds is 5. The van der Waals surface area contributed by atoms with E-state index in [1.165, 1.54) is 0 Å². The molecule has 0 aliphatic rings. The van der Waals surface area contributed by atoms with Gasteiger partial charge in [0.05, 0.1) is 5.92 Å². The largest absolute Gasteiger partial charge is 0.481 e. The van der Waals surface area contributed by atoms with Crippen molar-refractivity contribution in [3.05, 3.63) is 33.3 Å². The molecule has 0 bridgehead atoms. The molecule has 0 aliphatic carbocycles. The summed E-state index contributed by atoms with van der Waals surface area (Å²) in [6, 6.07) is 5.35. The molecule has 0 aliphatic heterocycles. The minimum Gasteiger partial charge on any atom is -0.481 e. The van der Waals surface area contributed by atoms with Gasteiger partial charge in [0.25, 0.3) is 6.92 Å². The van der Waals surface area contributed by atoms with Crippen molar-refractivity contribution >= 4 is 40.4 Å². The van der Waals surface area contributed by atoms with Crippen LogP contribution in [-0.2, 0) is 11.2 Å². The van der Waals surface area contributed by atoms with Gasteiger partial charge >= 0.3 is 5.97 Å². The van der Waals surface area contributed by atoms with Gasteiger partial charge in [-0.2, -0.15) is 0 Å². The van der Waals surface area contributed by atoms with E-state index in [2.05, 4.69) is 15.9 Å². The maximum Gasteiger partial charge on any atom is 0.306 e. The zero-order valence-corrected chi connectivity index (χ0v) is 11.7. The highest BCUT2D eigenvalue weighted by molar-refractivity contribution is 9.10. The third-order valence-corrected chi connectivity index (χ3v) is 3.30. The molecule has 0 amide bonds. The van der Waals surface area contributed by atoms with Crippen molar-refractivity contribution in [2.24, 2.45) is 5.92 Å². The number of carboxylic acids is 1. The summed E-state index contributed by atoms with van der Waals surface area (Å²) >= 11 is 9.32. The normalized spacial score (nSPS) is 12.2. The lowest BCUT2D eigenvalue weighted by Gasteiger charge is -2.13. The van der Waals surface area contributed by atoms with Crippen LogP contribution in [0.5, 0.6) is 0 Å². The molecule has 3 nitrogen and oxygen atoms in total. The van der Waals surface area contributed by atoms with Gasteiger partial charge in [0.2, 0.25) is 0 Å². The van der Waals surface area contributed by atoms with E-state index in [4.69, 9.17) is 16.7 Å². The Bertz CT molecular complexity index is 412. The Labute approximate surface area is 114 Å². The van der Waals surface area contributed by atoms with Gasteiger partial charge in [0, 0.05) is 9.50 Å². The molecule has 0 fully saturated rings. The molecule has 0 saturated heterocycles. The van der Waals surface area contributed by atoms with Crippen molar-refractivity contribution in [1.82, 2.24) is 0 Å². The van der Waals surface area contributed by atoms with Crippen LogP contribution < -0.4 is 0 Å². The third kappa shape index (κ3) is 4.70. The van der Waals surface area contributed by atoms with E-state index < -0.39 is 18.8 Å². The van der Waals surface area contributed by atoms with Gasteiger partial charge in [-0.1, -0.05) is 40.4 Å². The Morgan fingerprint density at radius 1 is 1.59 bits per heavy atom. The lowest BCUT2D eigenvalue weighted by Crippen LogP contribution is -2.22. The zero-order chi connectivity index (χ0) is 13.0. The van der Waals surface area contributed by atoms with Crippen LogP contribution in [0.2, 0.25) is 18.2 Å². The minimum atomic E-state index is -0.912. The van der Waals surface area contributed by atoms with E-state index in [-0.39, 0.29) is 6.32 Å². The van der Waals surface area contributed by atoms with Crippen molar-refractivity contribution in [2.45, 2.75) is 19.6 Å². The van der Waals surface area contributed by atoms with Gasteiger partial charge < -0.3 is 10.1 Å². The molecule has 1 aromatic carbocycles. The van der Waals surface area contributed by atoms with Gasteiger partial charge in [-0.3, -0.25) is 4.79 Å². The topological polar surface area (TPSA) is 57.5 Å². The second-order valence-corrected chi connectivity index (χ2v) is 5.38. The lowest BCUT2D eigenvalue weighted by molar-refractivity contribution is -0.141. The van der Waals surface area contributed by atoms with E-state index >= 15 is 0 Å². The quantitative estimate of drug-likeness (QED) is 0.820. The third-order valence-electron chi connectivity index (χ3n) is 2.46. The van der Waals surface area contributed by atoms with Crippen LogP contribution >= 0.6 is 27.5 Å². The number of carboxylic acid groups (broad SMARTS) is 1. The fraction of sp³-hybridized carbons (Fsp3) is 0.364. The monoisotopic (exact) mass is 318 g/mol. The molecular weight excluding hydrogens is 306 g/mol. The Morgan fingerprint density at radius 2 is 2.24 bits per heavy atom. The van der Waals surface area contributed by atoms with Crippen LogP contribution in [0, 0.1) is 5.92 Å². The Balaban J connectivity index is 2.82. The number of hydrogen-bond acceptors (Lipinski definition) is 2. The van der Waals surface area contributed by atoms with Crippen molar-refractivity contribution < 1.29 is 14.9 Å². The first-order chi connectivity index (χ1) is 7.90. The highest BCUT2D eigenvalue weighted by atomic mass is 79.9. The molecule has 0 heterocycles. The Morgan fingerprint density at radius 3 is 2.71 bits per heavy atom. The van der Waals surface area contributed by atoms with Crippen LogP contribution in [0.4, 0.5) is 0 Å². The molecule has 0 spiro atoms. The van der Waals surface area contributed by atoms with Crippen molar-refractivity contribution in [3.63, 3.8) is 0 Å². The number of hydrogen-bond donors (Lipinski definition) is 2. The van der Waals surface area contributed by atoms with Crippen LogP contribution in [0.1, 0.15) is 5.56 Å². The second kappa shape index (κ2) is 6.43. The Kier molecular flexibility index (Phi) is 5.50. The molecule has 17 heavy (non-hydrogen) atoms. The molecule has 1 aromatic rings. The molecule has 1 rings (SSSR count). The number of halogens is 2. The van der Waals surface area contributed by atoms with Gasteiger partial charge in [-0.05, 0) is 30.4 Å². The molecule has 0 saturated carbocycles. The standard InChI is InChI=1S/C11H13BBrClO3/c1-12(17)6-8(11(15)16)4-7-2-3-9(13)5-10(7)14/h2-3,5,8,17H,4,6H2,1H3,(H,15,16)/t8-/m0/s1. The molecule has 0 radical (unpaired) electrons.